The molecule has 0 aliphatic carbocycles. The number of aromatic nitrogens is 3. The molecule has 0 bridgehead atoms. The highest BCUT2D eigenvalue weighted by Gasteiger charge is 2.10. The first-order chi connectivity index (χ1) is 9.76. The second-order valence-corrected chi connectivity index (χ2v) is 5.24. The molecule has 0 saturated carbocycles. The van der Waals surface area contributed by atoms with E-state index in [1.54, 1.807) is 6.20 Å². The molecule has 0 aliphatic rings. The fraction of sp³-hybridized carbons (Fsp3) is 0.467. The summed E-state index contributed by atoms with van der Waals surface area (Å²) in [7, 11) is 0. The minimum Gasteiger partial charge on any atom is -0.313 e. The van der Waals surface area contributed by atoms with E-state index in [4.69, 9.17) is 11.6 Å². The molecular weight excluding hydrogens is 272 g/mol. The molecule has 1 aromatic carbocycles. The molecule has 0 unspecified atom stereocenters. The first-order valence-electron chi connectivity index (χ1n) is 7.14. The minimum absolute atomic E-state index is 0.750. The van der Waals surface area contributed by atoms with E-state index in [1.165, 1.54) is 5.56 Å². The van der Waals surface area contributed by atoms with Gasteiger partial charge in [0.1, 0.15) is 0 Å². The van der Waals surface area contributed by atoms with Crippen LogP contribution in [0.2, 0.25) is 5.02 Å². The van der Waals surface area contributed by atoms with Crippen LogP contribution in [0.15, 0.2) is 24.4 Å². The van der Waals surface area contributed by atoms with Gasteiger partial charge in [-0.1, -0.05) is 42.8 Å². The molecule has 0 radical (unpaired) electrons. The molecule has 1 heterocycles. The Labute approximate surface area is 125 Å². The molecule has 5 heteroatoms. The van der Waals surface area contributed by atoms with Crippen molar-refractivity contribution in [1.29, 1.82) is 0 Å². The Morgan fingerprint density at radius 2 is 2.10 bits per heavy atom. The van der Waals surface area contributed by atoms with E-state index in [0.717, 1.165) is 48.8 Å². The van der Waals surface area contributed by atoms with Gasteiger partial charge in [0.25, 0.3) is 0 Å². The van der Waals surface area contributed by atoms with E-state index in [2.05, 4.69) is 41.6 Å². The Kier molecular flexibility index (Phi) is 5.56. The molecule has 0 aliphatic heterocycles. The first kappa shape index (κ1) is 15.0. The van der Waals surface area contributed by atoms with Crippen LogP contribution in [0, 0.1) is 0 Å². The van der Waals surface area contributed by atoms with Crippen molar-refractivity contribution in [2.24, 2.45) is 0 Å². The van der Waals surface area contributed by atoms with E-state index in [0.29, 0.717) is 0 Å². The topological polar surface area (TPSA) is 42.7 Å². The highest BCUT2D eigenvalue weighted by atomic mass is 35.5. The summed E-state index contributed by atoms with van der Waals surface area (Å²) in [4.78, 5) is 0. The summed E-state index contributed by atoms with van der Waals surface area (Å²) >= 11 is 6.41. The van der Waals surface area contributed by atoms with Gasteiger partial charge >= 0.3 is 0 Å². The van der Waals surface area contributed by atoms with Crippen molar-refractivity contribution in [3.8, 4) is 11.3 Å². The van der Waals surface area contributed by atoms with Crippen molar-refractivity contribution in [3.63, 3.8) is 0 Å². The van der Waals surface area contributed by atoms with Gasteiger partial charge in [-0.05, 0) is 31.0 Å². The van der Waals surface area contributed by atoms with Crippen LogP contribution in [0.25, 0.3) is 11.3 Å². The van der Waals surface area contributed by atoms with E-state index in [9.17, 15) is 0 Å². The maximum Gasteiger partial charge on any atom is 0.0900 e. The predicted molar refractivity (Wildman–Crippen MR) is 82.8 cm³/mol. The zero-order valence-electron chi connectivity index (χ0n) is 12.1. The lowest BCUT2D eigenvalue weighted by Gasteiger charge is -2.09. The molecule has 0 atom stereocenters. The van der Waals surface area contributed by atoms with Gasteiger partial charge in [-0.2, -0.15) is 0 Å². The van der Waals surface area contributed by atoms with E-state index in [-0.39, 0.29) is 0 Å². The fourth-order valence-electron chi connectivity index (χ4n) is 2.13. The lowest BCUT2D eigenvalue weighted by atomic mass is 10.1. The normalized spacial score (nSPS) is 10.9. The minimum atomic E-state index is 0.750. The van der Waals surface area contributed by atoms with Crippen molar-refractivity contribution in [1.82, 2.24) is 20.3 Å². The number of nitrogens with zero attached hydrogens (tertiary/aromatic N) is 3. The third kappa shape index (κ3) is 3.58. The van der Waals surface area contributed by atoms with Gasteiger partial charge in [0.05, 0.1) is 16.9 Å². The maximum absolute atomic E-state index is 6.41. The van der Waals surface area contributed by atoms with Gasteiger partial charge in [0, 0.05) is 18.7 Å². The summed E-state index contributed by atoms with van der Waals surface area (Å²) in [5, 5.41) is 12.2. The number of hydrogen-bond donors (Lipinski definition) is 1. The Bertz CT molecular complexity index is 551. The molecule has 1 N–H and O–H groups in total. The van der Waals surface area contributed by atoms with Crippen LogP contribution in [0.4, 0.5) is 0 Å². The van der Waals surface area contributed by atoms with Crippen LogP contribution < -0.4 is 5.32 Å². The third-order valence-corrected chi connectivity index (χ3v) is 3.43. The summed E-state index contributed by atoms with van der Waals surface area (Å²) in [5.41, 5.74) is 3.16. The molecule has 108 valence electrons. The third-order valence-electron chi connectivity index (χ3n) is 3.12. The van der Waals surface area contributed by atoms with Gasteiger partial charge in [-0.3, -0.25) is 0 Å². The van der Waals surface area contributed by atoms with Crippen molar-refractivity contribution in [2.75, 3.05) is 6.54 Å². The lowest BCUT2D eigenvalue weighted by Crippen LogP contribution is -2.13. The van der Waals surface area contributed by atoms with Crippen molar-refractivity contribution in [3.05, 3.63) is 35.0 Å². The van der Waals surface area contributed by atoms with Crippen molar-refractivity contribution in [2.45, 2.75) is 39.8 Å². The highest BCUT2D eigenvalue weighted by molar-refractivity contribution is 6.33. The number of halogens is 1. The van der Waals surface area contributed by atoms with E-state index < -0.39 is 0 Å². The highest BCUT2D eigenvalue weighted by Crippen LogP contribution is 2.28. The van der Waals surface area contributed by atoms with Crippen molar-refractivity contribution < 1.29 is 0 Å². The smallest absolute Gasteiger partial charge is 0.0900 e. The second-order valence-electron chi connectivity index (χ2n) is 4.83. The van der Waals surface area contributed by atoms with Gasteiger partial charge in [0.2, 0.25) is 0 Å². The summed E-state index contributed by atoms with van der Waals surface area (Å²) in [5.74, 6) is 0. The average molecular weight is 293 g/mol. The summed E-state index contributed by atoms with van der Waals surface area (Å²) in [6, 6.07) is 6.17. The average Bonchev–Trinajstić information content (AvgIpc) is 2.88. The zero-order chi connectivity index (χ0) is 14.4. The standard InChI is InChI=1S/C15H21ClN4/c1-3-7-17-10-12-5-6-13(14(16)9-12)15-11-18-19-20(15)8-4-2/h5-6,9,11,17H,3-4,7-8,10H2,1-2H3. The van der Waals surface area contributed by atoms with E-state index in [1.807, 2.05) is 10.7 Å². The number of benzene rings is 1. The SMILES string of the molecule is CCCNCc1ccc(-c2cnnn2CCC)c(Cl)c1. The zero-order valence-corrected chi connectivity index (χ0v) is 12.8. The molecule has 2 aromatic rings. The Hall–Kier alpha value is -1.39. The molecule has 2 rings (SSSR count). The van der Waals surface area contributed by atoms with Crippen LogP contribution >= 0.6 is 11.6 Å². The monoisotopic (exact) mass is 292 g/mol. The van der Waals surface area contributed by atoms with Gasteiger partial charge in [0.15, 0.2) is 0 Å². The molecule has 20 heavy (non-hydrogen) atoms. The summed E-state index contributed by atoms with van der Waals surface area (Å²) in [6.45, 7) is 7.00. The van der Waals surface area contributed by atoms with Crippen LogP contribution in [0.1, 0.15) is 32.3 Å². The summed E-state index contributed by atoms with van der Waals surface area (Å²) in [6.07, 6.45) is 3.92. The molecule has 1 aromatic heterocycles. The van der Waals surface area contributed by atoms with Gasteiger partial charge < -0.3 is 5.32 Å². The molecular formula is C15H21ClN4. The van der Waals surface area contributed by atoms with Gasteiger partial charge in [-0.15, -0.1) is 5.10 Å². The second kappa shape index (κ2) is 7.41. The summed E-state index contributed by atoms with van der Waals surface area (Å²) < 4.78 is 1.90. The van der Waals surface area contributed by atoms with Crippen LogP contribution in [0.3, 0.4) is 0 Å². The number of aryl methyl sites for hydroxylation is 1. The molecule has 4 nitrogen and oxygen atoms in total. The molecule has 0 saturated heterocycles. The Balaban J connectivity index is 2.18. The van der Waals surface area contributed by atoms with Crippen molar-refractivity contribution >= 4 is 11.6 Å². The van der Waals surface area contributed by atoms with Crippen LogP contribution in [0.5, 0.6) is 0 Å². The van der Waals surface area contributed by atoms with Gasteiger partial charge in [-0.25, -0.2) is 4.68 Å². The number of rotatable bonds is 7. The number of hydrogen-bond acceptors (Lipinski definition) is 3. The van der Waals surface area contributed by atoms with Crippen LogP contribution in [-0.4, -0.2) is 21.5 Å². The maximum atomic E-state index is 6.41. The lowest BCUT2D eigenvalue weighted by molar-refractivity contribution is 0.584. The molecule has 0 spiro atoms. The largest absolute Gasteiger partial charge is 0.313 e. The fourth-order valence-corrected chi connectivity index (χ4v) is 2.43. The van der Waals surface area contributed by atoms with Crippen LogP contribution in [-0.2, 0) is 13.1 Å². The number of nitrogens with one attached hydrogen (secondary N) is 1. The Morgan fingerprint density at radius 3 is 2.80 bits per heavy atom. The van der Waals surface area contributed by atoms with E-state index >= 15 is 0 Å². The Morgan fingerprint density at radius 1 is 1.25 bits per heavy atom. The quantitative estimate of drug-likeness (QED) is 0.794. The first-order valence-corrected chi connectivity index (χ1v) is 7.52. The molecule has 0 amide bonds. The predicted octanol–water partition coefficient (Wildman–Crippen LogP) is 3.51. The molecule has 0 fully saturated rings.